The average Bonchev–Trinajstić information content (AvgIpc) is 2.19. The molecule has 0 aromatic heterocycles. The van der Waals surface area contributed by atoms with Crippen LogP contribution in [0.2, 0.25) is 0 Å². The van der Waals surface area contributed by atoms with E-state index >= 15 is 0 Å². The number of carboxylic acid groups (broad SMARTS) is 1. The van der Waals surface area contributed by atoms with Gasteiger partial charge in [-0.05, 0) is 36.5 Å². The Kier molecular flexibility index (Phi) is 3.48. The van der Waals surface area contributed by atoms with Gasteiger partial charge in [0.2, 0.25) is 0 Å². The number of carboxylic acids is 1. The summed E-state index contributed by atoms with van der Waals surface area (Å²) in [7, 11) is 0. The molecule has 0 unspecified atom stereocenters. The Hall–Kier alpha value is -1.35. The minimum Gasteiger partial charge on any atom is -0.481 e. The molecule has 0 aliphatic carbocycles. The normalized spacial score (nSPS) is 16.8. The first-order chi connectivity index (χ1) is 8.04. The summed E-state index contributed by atoms with van der Waals surface area (Å²) in [6.07, 6.45) is 0.309. The van der Waals surface area contributed by atoms with Crippen molar-refractivity contribution in [3.63, 3.8) is 0 Å². The zero-order chi connectivity index (χ0) is 12.4. The lowest BCUT2D eigenvalue weighted by Gasteiger charge is -2.38. The average molecular weight is 233 g/mol. The van der Waals surface area contributed by atoms with E-state index in [1.54, 1.807) is 0 Å². The van der Waals surface area contributed by atoms with E-state index in [9.17, 15) is 4.79 Å². The quantitative estimate of drug-likeness (QED) is 0.866. The highest BCUT2D eigenvalue weighted by molar-refractivity contribution is 5.67. The van der Waals surface area contributed by atoms with Crippen LogP contribution in [0.5, 0.6) is 0 Å². The summed E-state index contributed by atoms with van der Waals surface area (Å²) in [6, 6.07) is 6.53. The van der Waals surface area contributed by atoms with E-state index in [1.165, 1.54) is 16.7 Å². The lowest BCUT2D eigenvalue weighted by Crippen LogP contribution is -2.46. The Balaban J connectivity index is 1.83. The summed E-state index contributed by atoms with van der Waals surface area (Å²) in [5.74, 6) is -0.333. The fourth-order valence-electron chi connectivity index (χ4n) is 2.34. The molecular weight excluding hydrogens is 214 g/mol. The molecule has 1 aliphatic rings. The van der Waals surface area contributed by atoms with Gasteiger partial charge >= 0.3 is 5.97 Å². The molecule has 2 rings (SSSR count). The zero-order valence-corrected chi connectivity index (χ0v) is 10.4. The Morgan fingerprint density at radius 2 is 2.06 bits per heavy atom. The number of nitrogens with zero attached hydrogens (tertiary/aromatic N) is 1. The maximum atomic E-state index is 10.5. The van der Waals surface area contributed by atoms with E-state index in [0.29, 0.717) is 12.3 Å². The van der Waals surface area contributed by atoms with Crippen LogP contribution < -0.4 is 0 Å². The van der Waals surface area contributed by atoms with E-state index in [1.807, 2.05) is 0 Å². The van der Waals surface area contributed by atoms with Crippen LogP contribution in [0.4, 0.5) is 0 Å². The third-order valence-electron chi connectivity index (χ3n) is 3.47. The molecule has 0 saturated carbocycles. The van der Waals surface area contributed by atoms with Gasteiger partial charge in [0.15, 0.2) is 0 Å². The van der Waals surface area contributed by atoms with Crippen LogP contribution in [0.25, 0.3) is 0 Å². The fraction of sp³-hybridized carbons (Fsp3) is 0.500. The number of rotatable bonds is 4. The van der Waals surface area contributed by atoms with Gasteiger partial charge in [-0.25, -0.2) is 0 Å². The highest BCUT2D eigenvalue weighted by Gasteiger charge is 2.28. The minimum atomic E-state index is -0.680. The molecule has 17 heavy (non-hydrogen) atoms. The Labute approximate surface area is 102 Å². The summed E-state index contributed by atoms with van der Waals surface area (Å²) in [5.41, 5.74) is 3.97. The van der Waals surface area contributed by atoms with Crippen LogP contribution in [-0.2, 0) is 11.3 Å². The molecule has 92 valence electrons. The molecule has 1 aliphatic heterocycles. The Bertz CT molecular complexity index is 422. The van der Waals surface area contributed by atoms with Crippen molar-refractivity contribution in [2.75, 3.05) is 13.1 Å². The first-order valence-corrected chi connectivity index (χ1v) is 6.05. The number of likely N-dealkylation sites (tertiary alicyclic amines) is 1. The third-order valence-corrected chi connectivity index (χ3v) is 3.47. The van der Waals surface area contributed by atoms with Gasteiger partial charge in [0.25, 0.3) is 0 Å². The zero-order valence-electron chi connectivity index (χ0n) is 10.4. The highest BCUT2D eigenvalue weighted by Crippen LogP contribution is 2.22. The summed E-state index contributed by atoms with van der Waals surface area (Å²) < 4.78 is 0. The molecule has 1 heterocycles. The van der Waals surface area contributed by atoms with Gasteiger partial charge in [0, 0.05) is 19.6 Å². The van der Waals surface area contributed by atoms with Gasteiger partial charge in [0.05, 0.1) is 6.42 Å². The molecule has 1 saturated heterocycles. The van der Waals surface area contributed by atoms with E-state index in [4.69, 9.17) is 5.11 Å². The van der Waals surface area contributed by atoms with Crippen LogP contribution in [0.1, 0.15) is 23.1 Å². The van der Waals surface area contributed by atoms with Gasteiger partial charge in [0.1, 0.15) is 0 Å². The standard InChI is InChI=1S/C14H19NO2/c1-10-3-4-12(5-11(10)2)7-15-8-13(9-15)6-14(16)17/h3-5,13H,6-9H2,1-2H3,(H,16,17). The molecule has 0 atom stereocenters. The van der Waals surface area contributed by atoms with Crippen molar-refractivity contribution in [2.45, 2.75) is 26.8 Å². The second-order valence-electron chi connectivity index (χ2n) is 5.08. The second-order valence-corrected chi connectivity index (χ2v) is 5.08. The number of benzene rings is 1. The smallest absolute Gasteiger partial charge is 0.303 e. The maximum Gasteiger partial charge on any atom is 0.303 e. The predicted molar refractivity (Wildman–Crippen MR) is 66.9 cm³/mol. The lowest BCUT2D eigenvalue weighted by atomic mass is 9.95. The van der Waals surface area contributed by atoms with Crippen molar-refractivity contribution in [1.82, 2.24) is 4.90 Å². The predicted octanol–water partition coefficient (Wildman–Crippen LogP) is 2.21. The van der Waals surface area contributed by atoms with Crippen molar-refractivity contribution in [2.24, 2.45) is 5.92 Å². The third kappa shape index (κ3) is 3.07. The minimum absolute atomic E-state index is 0.309. The van der Waals surface area contributed by atoms with Crippen LogP contribution in [0, 0.1) is 19.8 Å². The molecule has 0 radical (unpaired) electrons. The maximum absolute atomic E-state index is 10.5. The van der Waals surface area contributed by atoms with Gasteiger partial charge in [-0.3, -0.25) is 9.69 Å². The van der Waals surface area contributed by atoms with Gasteiger partial charge < -0.3 is 5.11 Å². The SMILES string of the molecule is Cc1ccc(CN2CC(CC(=O)O)C2)cc1C. The summed E-state index contributed by atoms with van der Waals surface area (Å²) in [5, 5.41) is 8.67. The molecular formula is C14H19NO2. The van der Waals surface area contributed by atoms with Crippen molar-refractivity contribution in [3.05, 3.63) is 34.9 Å². The molecule has 0 amide bonds. The van der Waals surface area contributed by atoms with Gasteiger partial charge in [-0.15, -0.1) is 0 Å². The molecule has 1 aromatic rings. The Morgan fingerprint density at radius 1 is 1.35 bits per heavy atom. The number of aliphatic carboxylic acids is 1. The Morgan fingerprint density at radius 3 is 2.65 bits per heavy atom. The van der Waals surface area contributed by atoms with E-state index in [0.717, 1.165) is 19.6 Å². The number of aryl methyl sites for hydroxylation is 2. The van der Waals surface area contributed by atoms with E-state index in [-0.39, 0.29) is 0 Å². The second kappa shape index (κ2) is 4.88. The van der Waals surface area contributed by atoms with Gasteiger partial charge in [-0.1, -0.05) is 18.2 Å². The topological polar surface area (TPSA) is 40.5 Å². The molecule has 1 N–H and O–H groups in total. The molecule has 1 aromatic carbocycles. The summed E-state index contributed by atoms with van der Waals surface area (Å²) in [6.45, 7) is 7.02. The molecule has 3 heteroatoms. The van der Waals surface area contributed by atoms with E-state index in [2.05, 4.69) is 36.9 Å². The van der Waals surface area contributed by atoms with Crippen LogP contribution >= 0.6 is 0 Å². The number of hydrogen-bond acceptors (Lipinski definition) is 2. The lowest BCUT2D eigenvalue weighted by molar-refractivity contribution is -0.139. The summed E-state index contributed by atoms with van der Waals surface area (Å²) >= 11 is 0. The van der Waals surface area contributed by atoms with Crippen molar-refractivity contribution in [3.8, 4) is 0 Å². The molecule has 0 spiro atoms. The monoisotopic (exact) mass is 233 g/mol. The molecule has 3 nitrogen and oxygen atoms in total. The van der Waals surface area contributed by atoms with Crippen LogP contribution in [0.3, 0.4) is 0 Å². The van der Waals surface area contributed by atoms with Crippen molar-refractivity contribution < 1.29 is 9.90 Å². The fourth-order valence-corrected chi connectivity index (χ4v) is 2.34. The van der Waals surface area contributed by atoms with Crippen LogP contribution in [0.15, 0.2) is 18.2 Å². The number of carbonyl (C=O) groups is 1. The first kappa shape index (κ1) is 12.1. The van der Waals surface area contributed by atoms with E-state index < -0.39 is 5.97 Å². The van der Waals surface area contributed by atoms with Crippen molar-refractivity contribution in [1.29, 1.82) is 0 Å². The van der Waals surface area contributed by atoms with Crippen LogP contribution in [-0.4, -0.2) is 29.1 Å². The number of hydrogen-bond donors (Lipinski definition) is 1. The first-order valence-electron chi connectivity index (χ1n) is 6.05. The van der Waals surface area contributed by atoms with Crippen molar-refractivity contribution >= 4 is 5.97 Å². The summed E-state index contributed by atoms with van der Waals surface area (Å²) in [4.78, 5) is 12.8. The van der Waals surface area contributed by atoms with Gasteiger partial charge in [-0.2, -0.15) is 0 Å². The molecule has 0 bridgehead atoms. The largest absolute Gasteiger partial charge is 0.481 e. The molecule has 1 fully saturated rings. The highest BCUT2D eigenvalue weighted by atomic mass is 16.4.